The average molecular weight is 401 g/mol. The number of anilines is 1. The summed E-state index contributed by atoms with van der Waals surface area (Å²) in [6.07, 6.45) is 3.23. The summed E-state index contributed by atoms with van der Waals surface area (Å²) in [6.45, 7) is 0. The van der Waals surface area contributed by atoms with Crippen LogP contribution in [0.4, 0.5) is 10.2 Å². The Morgan fingerprint density at radius 2 is 1.83 bits per heavy atom. The number of aromatic nitrogens is 4. The third kappa shape index (κ3) is 3.09. The van der Waals surface area contributed by atoms with Gasteiger partial charge in [-0.3, -0.25) is 14.8 Å². The van der Waals surface area contributed by atoms with Crippen LogP contribution in [-0.4, -0.2) is 25.8 Å². The third-order valence-electron chi connectivity index (χ3n) is 4.41. The van der Waals surface area contributed by atoms with Crippen LogP contribution in [0.2, 0.25) is 0 Å². The molecule has 0 radical (unpaired) electrons. The van der Waals surface area contributed by atoms with Crippen LogP contribution >= 0.6 is 11.3 Å². The molecule has 0 bridgehead atoms. The van der Waals surface area contributed by atoms with Gasteiger partial charge in [-0.1, -0.05) is 6.07 Å². The number of hydrogen-bond donors (Lipinski definition) is 1. The number of pyridine rings is 2. The molecule has 29 heavy (non-hydrogen) atoms. The van der Waals surface area contributed by atoms with Crippen LogP contribution in [0.5, 0.6) is 0 Å². The molecule has 8 heteroatoms. The fraction of sp³-hybridized carbons (Fsp3) is 0. The van der Waals surface area contributed by atoms with E-state index in [0.29, 0.717) is 33.1 Å². The SMILES string of the molecule is O=C(Nc1nc(-c2ccccn2)nc2sccc12)c1ccc2ncccc2c1F. The number of amides is 1. The van der Waals surface area contributed by atoms with E-state index in [-0.39, 0.29) is 10.9 Å². The zero-order valence-corrected chi connectivity index (χ0v) is 15.7. The Labute approximate surface area is 168 Å². The van der Waals surface area contributed by atoms with Gasteiger partial charge in [0.15, 0.2) is 5.82 Å². The minimum absolute atomic E-state index is 0.0770. The van der Waals surface area contributed by atoms with Crippen molar-refractivity contribution < 1.29 is 9.18 Å². The highest BCUT2D eigenvalue weighted by molar-refractivity contribution is 7.16. The zero-order valence-electron chi connectivity index (χ0n) is 14.8. The lowest BCUT2D eigenvalue weighted by atomic mass is 10.1. The normalized spacial score (nSPS) is 11.1. The first kappa shape index (κ1) is 17.3. The Balaban J connectivity index is 1.57. The molecule has 0 aliphatic carbocycles. The second kappa shape index (κ2) is 6.99. The van der Waals surface area contributed by atoms with Crippen molar-refractivity contribution in [1.82, 2.24) is 19.9 Å². The van der Waals surface area contributed by atoms with Gasteiger partial charge < -0.3 is 5.32 Å². The second-order valence-corrected chi connectivity index (χ2v) is 7.10. The summed E-state index contributed by atoms with van der Waals surface area (Å²) in [6, 6.07) is 13.5. The molecule has 0 saturated carbocycles. The largest absolute Gasteiger partial charge is 0.306 e. The van der Waals surface area contributed by atoms with Gasteiger partial charge in [-0.15, -0.1) is 11.3 Å². The minimum atomic E-state index is -0.617. The molecule has 1 N–H and O–H groups in total. The van der Waals surface area contributed by atoms with Crippen LogP contribution in [0.1, 0.15) is 10.4 Å². The van der Waals surface area contributed by atoms with Crippen molar-refractivity contribution in [2.75, 3.05) is 5.32 Å². The Morgan fingerprint density at radius 3 is 2.69 bits per heavy atom. The lowest BCUT2D eigenvalue weighted by molar-refractivity contribution is 0.102. The molecular formula is C21H12FN5OS. The van der Waals surface area contributed by atoms with E-state index in [9.17, 15) is 9.18 Å². The molecule has 5 aromatic rings. The van der Waals surface area contributed by atoms with E-state index in [1.807, 2.05) is 17.5 Å². The molecule has 4 aromatic heterocycles. The van der Waals surface area contributed by atoms with Gasteiger partial charge in [0.2, 0.25) is 0 Å². The molecule has 5 rings (SSSR count). The number of rotatable bonds is 3. The topological polar surface area (TPSA) is 80.7 Å². The fourth-order valence-electron chi connectivity index (χ4n) is 3.03. The van der Waals surface area contributed by atoms with Crippen LogP contribution < -0.4 is 5.32 Å². The number of fused-ring (bicyclic) bond motifs is 2. The minimum Gasteiger partial charge on any atom is -0.306 e. The van der Waals surface area contributed by atoms with Crippen molar-refractivity contribution in [3.8, 4) is 11.5 Å². The fourth-order valence-corrected chi connectivity index (χ4v) is 3.79. The molecule has 6 nitrogen and oxygen atoms in total. The maximum Gasteiger partial charge on any atom is 0.259 e. The standard InChI is InChI=1S/C21H12FN5OS/c22-17-12-4-3-10-23-15(12)7-6-13(17)20(28)26-18-14-8-11-29-21(14)27-19(25-18)16-5-1-2-9-24-16/h1-11H,(H,25,26,27,28). The first-order valence-corrected chi connectivity index (χ1v) is 9.60. The van der Waals surface area contributed by atoms with Gasteiger partial charge in [-0.05, 0) is 47.8 Å². The number of nitrogens with zero attached hydrogens (tertiary/aromatic N) is 4. The first-order valence-electron chi connectivity index (χ1n) is 8.72. The van der Waals surface area contributed by atoms with Crippen molar-refractivity contribution in [1.29, 1.82) is 0 Å². The van der Waals surface area contributed by atoms with Gasteiger partial charge in [0, 0.05) is 17.8 Å². The van der Waals surface area contributed by atoms with E-state index in [2.05, 4.69) is 25.3 Å². The number of benzene rings is 1. The predicted molar refractivity (Wildman–Crippen MR) is 110 cm³/mol. The summed E-state index contributed by atoms with van der Waals surface area (Å²) in [4.78, 5) is 30.9. The molecule has 1 amide bonds. The molecule has 0 saturated heterocycles. The highest BCUT2D eigenvalue weighted by atomic mass is 32.1. The van der Waals surface area contributed by atoms with Crippen LogP contribution in [0.15, 0.2) is 66.3 Å². The number of carbonyl (C=O) groups is 1. The Kier molecular flexibility index (Phi) is 4.18. The molecule has 0 aliphatic rings. The Bertz CT molecular complexity index is 1370. The summed E-state index contributed by atoms with van der Waals surface area (Å²) >= 11 is 1.43. The van der Waals surface area contributed by atoms with Crippen molar-refractivity contribution in [3.63, 3.8) is 0 Å². The summed E-state index contributed by atoms with van der Waals surface area (Å²) in [5, 5.41) is 5.57. The van der Waals surface area contributed by atoms with Crippen molar-refractivity contribution >= 4 is 44.2 Å². The monoisotopic (exact) mass is 401 g/mol. The number of thiophene rings is 1. The molecule has 4 heterocycles. The molecule has 0 spiro atoms. The Hall–Kier alpha value is -3.78. The van der Waals surface area contributed by atoms with E-state index in [0.717, 1.165) is 0 Å². The maximum atomic E-state index is 14.9. The lowest BCUT2D eigenvalue weighted by Crippen LogP contribution is -2.15. The van der Waals surface area contributed by atoms with Gasteiger partial charge in [-0.2, -0.15) is 0 Å². The van der Waals surface area contributed by atoms with Gasteiger partial charge in [0.1, 0.15) is 22.2 Å². The van der Waals surface area contributed by atoms with Crippen LogP contribution in [0, 0.1) is 5.82 Å². The Morgan fingerprint density at radius 1 is 0.931 bits per heavy atom. The zero-order chi connectivity index (χ0) is 19.8. The molecule has 0 fully saturated rings. The molecule has 0 unspecified atom stereocenters. The highest BCUT2D eigenvalue weighted by Gasteiger charge is 2.18. The summed E-state index contributed by atoms with van der Waals surface area (Å²) in [5.74, 6) is -0.508. The summed E-state index contributed by atoms with van der Waals surface area (Å²) in [7, 11) is 0. The van der Waals surface area contributed by atoms with Crippen molar-refractivity contribution in [3.05, 3.63) is 77.7 Å². The van der Waals surface area contributed by atoms with E-state index in [1.165, 1.54) is 17.4 Å². The predicted octanol–water partition coefficient (Wildman–Crippen LogP) is 4.69. The molecule has 1 aromatic carbocycles. The number of halogens is 1. The van der Waals surface area contributed by atoms with E-state index >= 15 is 0 Å². The highest BCUT2D eigenvalue weighted by Crippen LogP contribution is 2.28. The van der Waals surface area contributed by atoms with Gasteiger partial charge >= 0.3 is 0 Å². The average Bonchev–Trinajstić information content (AvgIpc) is 3.24. The lowest BCUT2D eigenvalue weighted by Gasteiger charge is -2.09. The maximum absolute atomic E-state index is 14.9. The van der Waals surface area contributed by atoms with Gasteiger partial charge in [-0.25, -0.2) is 14.4 Å². The number of hydrogen-bond acceptors (Lipinski definition) is 6. The van der Waals surface area contributed by atoms with Crippen molar-refractivity contribution in [2.45, 2.75) is 0 Å². The van der Waals surface area contributed by atoms with Crippen LogP contribution in [-0.2, 0) is 0 Å². The molecular weight excluding hydrogens is 389 g/mol. The number of nitrogens with one attached hydrogen (secondary N) is 1. The molecule has 140 valence electrons. The molecule has 0 atom stereocenters. The first-order chi connectivity index (χ1) is 14.2. The van der Waals surface area contributed by atoms with Gasteiger partial charge in [0.25, 0.3) is 5.91 Å². The quantitative estimate of drug-likeness (QED) is 0.474. The second-order valence-electron chi connectivity index (χ2n) is 6.20. The third-order valence-corrected chi connectivity index (χ3v) is 5.22. The smallest absolute Gasteiger partial charge is 0.259 e. The van der Waals surface area contributed by atoms with Crippen LogP contribution in [0.3, 0.4) is 0 Å². The van der Waals surface area contributed by atoms with Gasteiger partial charge in [0.05, 0.1) is 16.5 Å². The molecule has 0 aliphatic heterocycles. The summed E-state index contributed by atoms with van der Waals surface area (Å²) < 4.78 is 14.9. The summed E-state index contributed by atoms with van der Waals surface area (Å²) in [5.41, 5.74) is 0.995. The van der Waals surface area contributed by atoms with E-state index in [4.69, 9.17) is 0 Å². The van der Waals surface area contributed by atoms with Crippen molar-refractivity contribution in [2.24, 2.45) is 0 Å². The number of carbonyl (C=O) groups excluding carboxylic acids is 1. The van der Waals surface area contributed by atoms with Crippen LogP contribution in [0.25, 0.3) is 32.6 Å². The van der Waals surface area contributed by atoms with E-state index < -0.39 is 11.7 Å². The van der Waals surface area contributed by atoms with E-state index in [1.54, 1.807) is 42.7 Å².